The Morgan fingerprint density at radius 3 is 1.89 bits per heavy atom. The number of benzene rings is 3. The number of ether oxygens (including phenoxy) is 3. The predicted octanol–water partition coefficient (Wildman–Crippen LogP) is 8.11. The highest BCUT2D eigenvalue weighted by atomic mass is 19.2. The lowest BCUT2D eigenvalue weighted by molar-refractivity contribution is 0.270. The highest BCUT2D eigenvalue weighted by Gasteiger charge is 2.24. The van der Waals surface area contributed by atoms with E-state index in [2.05, 4.69) is 0 Å². The lowest BCUT2D eigenvalue weighted by Gasteiger charge is -2.23. The molecule has 0 bridgehead atoms. The Kier molecular flexibility index (Phi) is 8.36. The maximum atomic E-state index is 14.8. The van der Waals surface area contributed by atoms with Crippen molar-refractivity contribution < 1.29 is 36.2 Å². The van der Waals surface area contributed by atoms with Crippen LogP contribution in [0.3, 0.4) is 0 Å². The first kappa shape index (κ1) is 26.5. The van der Waals surface area contributed by atoms with E-state index in [-0.39, 0.29) is 48.6 Å². The fourth-order valence-corrected chi connectivity index (χ4v) is 4.42. The third-order valence-corrected chi connectivity index (χ3v) is 6.35. The van der Waals surface area contributed by atoms with Gasteiger partial charge in [-0.2, -0.15) is 13.2 Å². The minimum atomic E-state index is -1.20. The van der Waals surface area contributed by atoms with E-state index >= 15 is 0 Å². The summed E-state index contributed by atoms with van der Waals surface area (Å²) in [5.41, 5.74) is 2.04. The van der Waals surface area contributed by atoms with Crippen LogP contribution in [0.4, 0.5) is 22.0 Å². The first-order chi connectivity index (χ1) is 17.8. The van der Waals surface area contributed by atoms with Crippen molar-refractivity contribution >= 4 is 5.57 Å². The summed E-state index contributed by atoms with van der Waals surface area (Å²) in [5, 5.41) is 0. The van der Waals surface area contributed by atoms with Crippen molar-refractivity contribution in [3.8, 4) is 17.2 Å². The van der Waals surface area contributed by atoms with Gasteiger partial charge >= 0.3 is 0 Å². The standard InChI is InChI=1S/C29H27F5O3/c1-3-35-23-12-11-21(26(31)27(23)32)18-7-5-17(6-8-18)19-9-10-20(22(30)15-19)16-37-25-14-13-24(36-4-2)28(33)29(25)34/h5,9-15,18H,3-4,6-8,16H2,1-2H3. The average Bonchev–Trinajstić information content (AvgIpc) is 2.90. The van der Waals surface area contributed by atoms with Crippen molar-refractivity contribution in [2.24, 2.45) is 0 Å². The van der Waals surface area contributed by atoms with E-state index in [9.17, 15) is 22.0 Å². The Morgan fingerprint density at radius 1 is 0.730 bits per heavy atom. The third kappa shape index (κ3) is 5.73. The summed E-state index contributed by atoms with van der Waals surface area (Å²) < 4.78 is 87.3. The molecule has 0 saturated carbocycles. The monoisotopic (exact) mass is 518 g/mol. The van der Waals surface area contributed by atoms with E-state index in [0.29, 0.717) is 30.4 Å². The molecule has 196 valence electrons. The van der Waals surface area contributed by atoms with Crippen molar-refractivity contribution in [2.45, 2.75) is 45.6 Å². The molecule has 0 radical (unpaired) electrons. The van der Waals surface area contributed by atoms with Crippen LogP contribution in [0.25, 0.3) is 5.57 Å². The maximum Gasteiger partial charge on any atom is 0.204 e. The van der Waals surface area contributed by atoms with E-state index in [1.807, 2.05) is 6.08 Å². The Bertz CT molecular complexity index is 1310. The third-order valence-electron chi connectivity index (χ3n) is 6.35. The van der Waals surface area contributed by atoms with Crippen molar-refractivity contribution in [3.63, 3.8) is 0 Å². The minimum absolute atomic E-state index is 0.106. The molecule has 3 aromatic rings. The van der Waals surface area contributed by atoms with Crippen LogP contribution in [-0.4, -0.2) is 13.2 Å². The molecule has 1 aliphatic carbocycles. The Hall–Kier alpha value is -3.55. The fraction of sp³-hybridized carbons (Fsp3) is 0.310. The van der Waals surface area contributed by atoms with Crippen LogP contribution in [0.1, 0.15) is 55.7 Å². The molecule has 1 aliphatic rings. The SMILES string of the molecule is CCOc1ccc(OCc2ccc(C3=CCC(c4ccc(OCC)c(F)c4F)CC3)cc2F)c(F)c1F. The van der Waals surface area contributed by atoms with Crippen LogP contribution < -0.4 is 14.2 Å². The van der Waals surface area contributed by atoms with Crippen LogP contribution in [0.15, 0.2) is 48.5 Å². The molecule has 0 N–H and O–H groups in total. The molecule has 1 atom stereocenters. The quantitative estimate of drug-likeness (QED) is 0.268. The molecular weight excluding hydrogens is 491 g/mol. The summed E-state index contributed by atoms with van der Waals surface area (Å²) in [6.07, 6.45) is 3.52. The minimum Gasteiger partial charge on any atom is -0.491 e. The zero-order valence-corrected chi connectivity index (χ0v) is 20.6. The Morgan fingerprint density at radius 2 is 1.32 bits per heavy atom. The van der Waals surface area contributed by atoms with Crippen molar-refractivity contribution in [3.05, 3.63) is 94.3 Å². The van der Waals surface area contributed by atoms with Crippen molar-refractivity contribution in [1.82, 2.24) is 0 Å². The first-order valence-electron chi connectivity index (χ1n) is 12.2. The number of halogens is 5. The Balaban J connectivity index is 1.43. The second-order valence-electron chi connectivity index (χ2n) is 8.63. The summed E-state index contributed by atoms with van der Waals surface area (Å²) in [6, 6.07) is 10.1. The summed E-state index contributed by atoms with van der Waals surface area (Å²) in [5.74, 6) is -5.66. The van der Waals surface area contributed by atoms with Crippen molar-refractivity contribution in [2.75, 3.05) is 13.2 Å². The number of rotatable bonds is 9. The van der Waals surface area contributed by atoms with Gasteiger partial charge in [0.05, 0.1) is 13.2 Å². The summed E-state index contributed by atoms with van der Waals surface area (Å²) in [7, 11) is 0. The topological polar surface area (TPSA) is 27.7 Å². The molecule has 0 fully saturated rings. The second kappa shape index (κ2) is 11.7. The summed E-state index contributed by atoms with van der Waals surface area (Å²) >= 11 is 0. The van der Waals surface area contributed by atoms with Gasteiger partial charge in [0, 0.05) is 5.56 Å². The van der Waals surface area contributed by atoms with Gasteiger partial charge in [-0.3, -0.25) is 0 Å². The number of allylic oxidation sites excluding steroid dienone is 2. The molecule has 0 aliphatic heterocycles. The highest BCUT2D eigenvalue weighted by Crippen LogP contribution is 2.39. The molecule has 4 rings (SSSR count). The fourth-order valence-electron chi connectivity index (χ4n) is 4.42. The first-order valence-corrected chi connectivity index (χ1v) is 12.2. The van der Waals surface area contributed by atoms with Crippen LogP contribution >= 0.6 is 0 Å². The van der Waals surface area contributed by atoms with Gasteiger partial charge in [-0.1, -0.05) is 24.3 Å². The molecule has 0 aromatic heterocycles. The molecule has 0 spiro atoms. The molecule has 3 aromatic carbocycles. The summed E-state index contributed by atoms with van der Waals surface area (Å²) in [4.78, 5) is 0. The molecule has 0 saturated heterocycles. The van der Waals surface area contributed by atoms with E-state index < -0.39 is 29.1 Å². The second-order valence-corrected chi connectivity index (χ2v) is 8.63. The maximum absolute atomic E-state index is 14.8. The lowest BCUT2D eigenvalue weighted by atomic mass is 9.82. The van der Waals surface area contributed by atoms with Gasteiger partial charge in [-0.15, -0.1) is 0 Å². The van der Waals surface area contributed by atoms with E-state index in [1.165, 1.54) is 30.3 Å². The molecule has 0 heterocycles. The predicted molar refractivity (Wildman–Crippen MR) is 130 cm³/mol. The lowest BCUT2D eigenvalue weighted by Crippen LogP contribution is -2.09. The molecule has 3 nitrogen and oxygen atoms in total. The smallest absolute Gasteiger partial charge is 0.204 e. The van der Waals surface area contributed by atoms with Crippen LogP contribution in [-0.2, 0) is 6.61 Å². The van der Waals surface area contributed by atoms with E-state index in [4.69, 9.17) is 14.2 Å². The Labute approximate surface area is 212 Å². The van der Waals surface area contributed by atoms with Crippen LogP contribution in [0.2, 0.25) is 0 Å². The largest absolute Gasteiger partial charge is 0.491 e. The van der Waals surface area contributed by atoms with Gasteiger partial charge in [0.25, 0.3) is 0 Å². The molecular formula is C29H27F5O3. The van der Waals surface area contributed by atoms with Crippen molar-refractivity contribution in [1.29, 1.82) is 0 Å². The van der Waals surface area contributed by atoms with E-state index in [0.717, 1.165) is 5.57 Å². The van der Waals surface area contributed by atoms with E-state index in [1.54, 1.807) is 26.0 Å². The van der Waals surface area contributed by atoms with Gasteiger partial charge in [-0.25, -0.2) is 8.78 Å². The van der Waals surface area contributed by atoms with Gasteiger partial charge < -0.3 is 14.2 Å². The zero-order valence-electron chi connectivity index (χ0n) is 20.6. The van der Waals surface area contributed by atoms with Crippen LogP contribution in [0.5, 0.6) is 17.2 Å². The van der Waals surface area contributed by atoms with Gasteiger partial charge in [0.15, 0.2) is 23.1 Å². The normalized spacial score (nSPS) is 15.3. The van der Waals surface area contributed by atoms with Gasteiger partial charge in [0.2, 0.25) is 17.5 Å². The van der Waals surface area contributed by atoms with Gasteiger partial charge in [0.1, 0.15) is 12.4 Å². The summed E-state index contributed by atoms with van der Waals surface area (Å²) in [6.45, 7) is 3.48. The highest BCUT2D eigenvalue weighted by molar-refractivity contribution is 5.67. The molecule has 1 unspecified atom stereocenters. The van der Waals surface area contributed by atoms with Gasteiger partial charge in [-0.05, 0) is 80.0 Å². The zero-order chi connectivity index (χ0) is 26.5. The average molecular weight is 519 g/mol. The molecule has 8 heteroatoms. The molecule has 37 heavy (non-hydrogen) atoms. The van der Waals surface area contributed by atoms with Crippen LogP contribution in [0, 0.1) is 29.1 Å². The number of hydrogen-bond donors (Lipinski definition) is 0. The number of hydrogen-bond acceptors (Lipinski definition) is 3. The molecule has 0 amide bonds.